The summed E-state index contributed by atoms with van der Waals surface area (Å²) >= 11 is 1.17. The normalized spacial score (nSPS) is 11.3. The number of rotatable bonds is 5. The van der Waals surface area contributed by atoms with Crippen molar-refractivity contribution >= 4 is 35.1 Å². The first-order chi connectivity index (χ1) is 12.5. The van der Waals surface area contributed by atoms with E-state index >= 15 is 0 Å². The summed E-state index contributed by atoms with van der Waals surface area (Å²) in [5, 5.41) is 19.0. The maximum atomic E-state index is 12.1. The van der Waals surface area contributed by atoms with Gasteiger partial charge in [0.1, 0.15) is 16.8 Å². The Morgan fingerprint density at radius 3 is 2.46 bits per heavy atom. The molecule has 0 saturated carbocycles. The number of hydrogen-bond acceptors (Lipinski definition) is 7. The van der Waals surface area contributed by atoms with Gasteiger partial charge in [-0.1, -0.05) is 18.2 Å². The largest absolute Gasteiger partial charge is 0.508 e. The van der Waals surface area contributed by atoms with Crippen LogP contribution in [0.15, 0.2) is 42.5 Å². The third kappa shape index (κ3) is 5.50. The van der Waals surface area contributed by atoms with Gasteiger partial charge in [0.15, 0.2) is 0 Å². The van der Waals surface area contributed by atoms with E-state index in [-0.39, 0.29) is 18.1 Å². The first kappa shape index (κ1) is 19.3. The van der Waals surface area contributed by atoms with Crippen molar-refractivity contribution in [2.24, 2.45) is 5.73 Å². The highest BCUT2D eigenvalue weighted by molar-refractivity contribution is 7.00. The first-order valence-electron chi connectivity index (χ1n) is 7.63. The van der Waals surface area contributed by atoms with Crippen molar-refractivity contribution in [3.8, 4) is 5.75 Å². The van der Waals surface area contributed by atoms with E-state index in [1.54, 1.807) is 24.3 Å². The van der Waals surface area contributed by atoms with E-state index in [0.717, 1.165) is 22.2 Å². The number of phenolic OH excluding ortho intramolecular Hbond substituents is 1. The number of carboxylic acid groups (broad SMARTS) is 1. The van der Waals surface area contributed by atoms with Crippen molar-refractivity contribution in [3.05, 3.63) is 53.6 Å². The van der Waals surface area contributed by atoms with Crippen LogP contribution in [0.1, 0.15) is 11.1 Å². The second-order valence-electron chi connectivity index (χ2n) is 5.39. The van der Waals surface area contributed by atoms with Crippen LogP contribution in [0.3, 0.4) is 0 Å². The molecule has 1 atom stereocenters. The SMILES string of the molecule is N[C@H](Cc1ccc(O)cc1)C(=O)NCc1ccc2nsnc2c1.O=CO. The van der Waals surface area contributed by atoms with Crippen molar-refractivity contribution < 1.29 is 19.8 Å². The topological polar surface area (TPSA) is 138 Å². The standard InChI is InChI=1S/C16H16N4O2S.CH2O2/c17-13(7-10-1-4-12(21)5-2-10)16(22)18-9-11-3-6-14-15(8-11)20-23-19-14;2-1-3/h1-6,8,13,21H,7,9,17H2,(H,18,22);1H,(H,2,3)/t13-;/m1./s1. The van der Waals surface area contributed by atoms with Gasteiger partial charge in [-0.2, -0.15) is 8.75 Å². The molecule has 0 radical (unpaired) electrons. The van der Waals surface area contributed by atoms with Gasteiger partial charge in [0.05, 0.1) is 17.8 Å². The van der Waals surface area contributed by atoms with Crippen LogP contribution in [-0.4, -0.2) is 37.4 Å². The lowest BCUT2D eigenvalue weighted by atomic mass is 10.1. The molecule has 0 bridgehead atoms. The molecule has 0 aliphatic rings. The third-order valence-electron chi connectivity index (χ3n) is 3.51. The maximum Gasteiger partial charge on any atom is 0.290 e. The number of fused-ring (bicyclic) bond motifs is 1. The van der Waals surface area contributed by atoms with Crippen LogP contribution >= 0.6 is 11.7 Å². The zero-order valence-corrected chi connectivity index (χ0v) is 14.5. The summed E-state index contributed by atoms with van der Waals surface area (Å²) in [7, 11) is 0. The summed E-state index contributed by atoms with van der Waals surface area (Å²) in [5.41, 5.74) is 9.47. The zero-order chi connectivity index (χ0) is 18.9. The van der Waals surface area contributed by atoms with Crippen LogP contribution in [-0.2, 0) is 22.6 Å². The number of nitrogens with two attached hydrogens (primary N) is 1. The molecular formula is C17H18N4O4S. The Hall–Kier alpha value is -3.04. The molecule has 9 heteroatoms. The fraction of sp³-hybridized carbons (Fsp3) is 0.176. The van der Waals surface area contributed by atoms with Gasteiger partial charge in [-0.05, 0) is 41.8 Å². The fourth-order valence-electron chi connectivity index (χ4n) is 2.24. The summed E-state index contributed by atoms with van der Waals surface area (Å²) in [6.45, 7) is 0.148. The fourth-order valence-corrected chi connectivity index (χ4v) is 2.75. The van der Waals surface area contributed by atoms with E-state index in [1.807, 2.05) is 18.2 Å². The molecule has 0 fully saturated rings. The molecule has 5 N–H and O–H groups in total. The molecule has 1 aromatic heterocycles. The number of aromatic nitrogens is 2. The van der Waals surface area contributed by atoms with Crippen molar-refractivity contribution in [1.29, 1.82) is 0 Å². The Bertz CT molecular complexity index is 867. The maximum absolute atomic E-state index is 12.1. The van der Waals surface area contributed by atoms with Gasteiger partial charge in [-0.3, -0.25) is 9.59 Å². The van der Waals surface area contributed by atoms with Crippen molar-refractivity contribution in [3.63, 3.8) is 0 Å². The highest BCUT2D eigenvalue weighted by Gasteiger charge is 2.14. The minimum Gasteiger partial charge on any atom is -0.508 e. The van der Waals surface area contributed by atoms with Crippen LogP contribution in [0.2, 0.25) is 0 Å². The number of nitrogens with zero attached hydrogens (tertiary/aromatic N) is 2. The van der Waals surface area contributed by atoms with Crippen molar-refractivity contribution in [2.45, 2.75) is 19.0 Å². The van der Waals surface area contributed by atoms with Crippen LogP contribution in [0.25, 0.3) is 11.0 Å². The lowest BCUT2D eigenvalue weighted by Crippen LogP contribution is -2.41. The minimum atomic E-state index is -0.635. The van der Waals surface area contributed by atoms with Crippen LogP contribution in [0.4, 0.5) is 0 Å². The molecular weight excluding hydrogens is 356 g/mol. The third-order valence-corrected chi connectivity index (χ3v) is 4.07. The lowest BCUT2D eigenvalue weighted by Gasteiger charge is -2.12. The summed E-state index contributed by atoms with van der Waals surface area (Å²) in [5.74, 6) is -0.0201. The second kappa shape index (κ2) is 9.44. The molecule has 136 valence electrons. The number of amides is 1. The van der Waals surface area contributed by atoms with E-state index in [4.69, 9.17) is 15.6 Å². The smallest absolute Gasteiger partial charge is 0.290 e. The number of phenols is 1. The van der Waals surface area contributed by atoms with Crippen molar-refractivity contribution in [1.82, 2.24) is 14.1 Å². The number of hydrogen-bond donors (Lipinski definition) is 4. The number of benzene rings is 2. The number of carbonyl (C=O) groups is 2. The van der Waals surface area contributed by atoms with Gasteiger partial charge in [-0.15, -0.1) is 0 Å². The van der Waals surface area contributed by atoms with E-state index in [9.17, 15) is 9.90 Å². The molecule has 0 saturated heterocycles. The molecule has 26 heavy (non-hydrogen) atoms. The van der Waals surface area contributed by atoms with Gasteiger partial charge in [0.25, 0.3) is 6.47 Å². The Morgan fingerprint density at radius 2 is 1.77 bits per heavy atom. The van der Waals surface area contributed by atoms with E-state index in [2.05, 4.69) is 14.1 Å². The van der Waals surface area contributed by atoms with Crippen LogP contribution in [0.5, 0.6) is 5.75 Å². The van der Waals surface area contributed by atoms with Gasteiger partial charge < -0.3 is 21.3 Å². The molecule has 0 aliphatic heterocycles. The second-order valence-corrected chi connectivity index (χ2v) is 5.92. The van der Waals surface area contributed by atoms with E-state index in [0.29, 0.717) is 13.0 Å². The van der Waals surface area contributed by atoms with Gasteiger partial charge in [0.2, 0.25) is 5.91 Å². The Labute approximate surface area is 153 Å². The molecule has 1 heterocycles. The molecule has 8 nitrogen and oxygen atoms in total. The van der Waals surface area contributed by atoms with Gasteiger partial charge >= 0.3 is 0 Å². The highest BCUT2D eigenvalue weighted by Crippen LogP contribution is 2.14. The Balaban J connectivity index is 0.000000758. The molecule has 1 amide bonds. The average Bonchev–Trinajstić information content (AvgIpc) is 3.10. The summed E-state index contributed by atoms with van der Waals surface area (Å²) in [4.78, 5) is 20.5. The molecule has 2 aromatic carbocycles. The van der Waals surface area contributed by atoms with Crippen LogP contribution < -0.4 is 11.1 Å². The summed E-state index contributed by atoms with van der Waals surface area (Å²) < 4.78 is 8.32. The average molecular weight is 374 g/mol. The first-order valence-corrected chi connectivity index (χ1v) is 8.36. The Morgan fingerprint density at radius 1 is 1.15 bits per heavy atom. The lowest BCUT2D eigenvalue weighted by molar-refractivity contribution is -0.123. The molecule has 0 spiro atoms. The van der Waals surface area contributed by atoms with Gasteiger partial charge in [-0.25, -0.2) is 0 Å². The van der Waals surface area contributed by atoms with Gasteiger partial charge in [0, 0.05) is 6.54 Å². The van der Waals surface area contributed by atoms with E-state index in [1.165, 1.54) is 11.7 Å². The molecule has 3 rings (SSSR count). The molecule has 3 aromatic rings. The van der Waals surface area contributed by atoms with Crippen LogP contribution in [0, 0.1) is 0 Å². The monoisotopic (exact) mass is 374 g/mol. The number of aromatic hydroxyl groups is 1. The number of nitrogens with one attached hydrogen (secondary N) is 1. The Kier molecular flexibility index (Phi) is 7.01. The zero-order valence-electron chi connectivity index (χ0n) is 13.7. The van der Waals surface area contributed by atoms with Crippen molar-refractivity contribution in [2.75, 3.05) is 0 Å². The predicted molar refractivity (Wildman–Crippen MR) is 97.7 cm³/mol. The number of carbonyl (C=O) groups excluding carboxylic acids is 1. The molecule has 0 aliphatic carbocycles. The quantitative estimate of drug-likeness (QED) is 0.493. The summed E-state index contributed by atoms with van der Waals surface area (Å²) in [6, 6.07) is 11.7. The minimum absolute atomic E-state index is 0.193. The highest BCUT2D eigenvalue weighted by atomic mass is 32.1. The van der Waals surface area contributed by atoms with E-state index < -0.39 is 6.04 Å². The predicted octanol–water partition coefficient (Wildman–Crippen LogP) is 1.28. The summed E-state index contributed by atoms with van der Waals surface area (Å²) in [6.07, 6.45) is 0.418. The molecule has 0 unspecified atom stereocenters.